The second-order valence-electron chi connectivity index (χ2n) is 7.70. The number of carbonyl (C=O) groups is 3. The summed E-state index contributed by atoms with van der Waals surface area (Å²) in [6.45, 7) is 1.88. The Balaban J connectivity index is 1.46. The predicted octanol–water partition coefficient (Wildman–Crippen LogP) is 1.67. The van der Waals surface area contributed by atoms with E-state index in [4.69, 9.17) is 9.47 Å². The highest BCUT2D eigenvalue weighted by molar-refractivity contribution is 8.01. The summed E-state index contributed by atoms with van der Waals surface area (Å²) in [7, 11) is 0. The Bertz CT molecular complexity index is 760. The largest absolute Gasteiger partial charge is 0.446 e. The van der Waals surface area contributed by atoms with E-state index < -0.39 is 18.1 Å². The van der Waals surface area contributed by atoms with Crippen molar-refractivity contribution in [3.63, 3.8) is 0 Å². The van der Waals surface area contributed by atoms with E-state index in [1.807, 2.05) is 18.2 Å². The van der Waals surface area contributed by atoms with E-state index in [1.165, 1.54) is 0 Å². The van der Waals surface area contributed by atoms with Gasteiger partial charge in [-0.1, -0.05) is 43.2 Å². The van der Waals surface area contributed by atoms with Crippen LogP contribution in [0.4, 0.5) is 0 Å². The Morgan fingerprint density at radius 2 is 1.86 bits per heavy atom. The van der Waals surface area contributed by atoms with Gasteiger partial charge < -0.3 is 19.7 Å². The molecule has 2 saturated heterocycles. The third kappa shape index (κ3) is 4.28. The lowest BCUT2D eigenvalue weighted by molar-refractivity contribution is -0.164. The summed E-state index contributed by atoms with van der Waals surface area (Å²) < 4.78 is 10.6. The molecule has 0 aromatic heterocycles. The van der Waals surface area contributed by atoms with E-state index in [9.17, 15) is 14.4 Å². The smallest absolute Gasteiger partial charge is 0.330 e. The quantitative estimate of drug-likeness (QED) is 0.749. The molecule has 3 fully saturated rings. The summed E-state index contributed by atoms with van der Waals surface area (Å²) in [4.78, 5) is 40.3. The van der Waals surface area contributed by atoms with Crippen molar-refractivity contribution in [3.8, 4) is 0 Å². The standard InChI is InChI=1S/C21H26N2O5S/c24-18(23-10-12-27-13-11-23)17(15-6-2-1-3-7-15)28-19(25)16-14-29-21(20(26)22-16)8-4-5-9-21/h1-3,6-7,16-17H,4-5,8-14H2,(H,22,26). The number of hydrogen-bond acceptors (Lipinski definition) is 6. The minimum absolute atomic E-state index is 0.0797. The van der Waals surface area contributed by atoms with E-state index >= 15 is 0 Å². The summed E-state index contributed by atoms with van der Waals surface area (Å²) >= 11 is 1.55. The van der Waals surface area contributed by atoms with Crippen LogP contribution in [0.1, 0.15) is 37.4 Å². The first kappa shape index (κ1) is 20.2. The zero-order valence-electron chi connectivity index (χ0n) is 16.3. The van der Waals surface area contributed by atoms with Crippen LogP contribution in [-0.2, 0) is 23.9 Å². The summed E-state index contributed by atoms with van der Waals surface area (Å²) in [5, 5.41) is 2.84. The van der Waals surface area contributed by atoms with Gasteiger partial charge in [-0.15, -0.1) is 11.8 Å². The Labute approximate surface area is 174 Å². The molecule has 1 aromatic rings. The van der Waals surface area contributed by atoms with Crippen LogP contribution >= 0.6 is 11.8 Å². The first-order chi connectivity index (χ1) is 14.1. The molecule has 2 aliphatic heterocycles. The number of amides is 2. The van der Waals surface area contributed by atoms with Gasteiger partial charge in [0.2, 0.25) is 12.0 Å². The summed E-state index contributed by atoms with van der Waals surface area (Å²) in [6, 6.07) is 8.29. The first-order valence-electron chi connectivity index (χ1n) is 10.2. The Hall–Kier alpha value is -2.06. The van der Waals surface area contributed by atoms with Crippen molar-refractivity contribution >= 4 is 29.5 Å². The van der Waals surface area contributed by atoms with Crippen molar-refractivity contribution in [2.24, 2.45) is 0 Å². The number of benzene rings is 1. The predicted molar refractivity (Wildman–Crippen MR) is 108 cm³/mol. The minimum Gasteiger partial charge on any atom is -0.446 e. The van der Waals surface area contributed by atoms with Gasteiger partial charge in [-0.2, -0.15) is 0 Å². The zero-order chi connectivity index (χ0) is 20.3. The number of nitrogens with one attached hydrogen (secondary N) is 1. The van der Waals surface area contributed by atoms with Crippen molar-refractivity contribution in [2.45, 2.75) is 42.6 Å². The fourth-order valence-corrected chi connectivity index (χ4v) is 5.59. The highest BCUT2D eigenvalue weighted by atomic mass is 32.2. The van der Waals surface area contributed by atoms with Crippen LogP contribution in [0.15, 0.2) is 30.3 Å². The molecule has 2 heterocycles. The third-order valence-corrected chi connectivity index (χ3v) is 7.47. The first-order valence-corrected chi connectivity index (χ1v) is 11.1. The molecule has 1 spiro atoms. The summed E-state index contributed by atoms with van der Waals surface area (Å²) in [5.41, 5.74) is 0.624. The molecule has 7 nitrogen and oxygen atoms in total. The van der Waals surface area contributed by atoms with Gasteiger partial charge in [-0.3, -0.25) is 9.59 Å². The van der Waals surface area contributed by atoms with Crippen LogP contribution in [0.25, 0.3) is 0 Å². The van der Waals surface area contributed by atoms with Crippen LogP contribution in [0.2, 0.25) is 0 Å². The van der Waals surface area contributed by atoms with Gasteiger partial charge in [0.05, 0.1) is 18.0 Å². The molecule has 3 aliphatic rings. The van der Waals surface area contributed by atoms with Crippen LogP contribution in [0.3, 0.4) is 0 Å². The van der Waals surface area contributed by atoms with Crippen LogP contribution in [0, 0.1) is 0 Å². The van der Waals surface area contributed by atoms with Gasteiger partial charge >= 0.3 is 5.97 Å². The van der Waals surface area contributed by atoms with Gasteiger partial charge in [-0.25, -0.2) is 4.79 Å². The lowest BCUT2D eigenvalue weighted by Gasteiger charge is -2.36. The molecule has 1 aromatic carbocycles. The van der Waals surface area contributed by atoms with Gasteiger partial charge in [0.15, 0.2) is 0 Å². The van der Waals surface area contributed by atoms with Gasteiger partial charge in [0.25, 0.3) is 5.91 Å². The average molecular weight is 419 g/mol. The van der Waals surface area contributed by atoms with E-state index in [-0.39, 0.29) is 16.6 Å². The number of carbonyl (C=O) groups excluding carboxylic acids is 3. The Kier molecular flexibility index (Phi) is 6.10. The van der Waals surface area contributed by atoms with Crippen LogP contribution < -0.4 is 5.32 Å². The van der Waals surface area contributed by atoms with Crippen LogP contribution in [-0.4, -0.2) is 65.5 Å². The van der Waals surface area contributed by atoms with Crippen molar-refractivity contribution in [1.29, 1.82) is 0 Å². The maximum absolute atomic E-state index is 13.1. The molecule has 4 rings (SSSR count). The van der Waals surface area contributed by atoms with E-state index in [1.54, 1.807) is 28.8 Å². The van der Waals surface area contributed by atoms with E-state index in [2.05, 4.69) is 5.32 Å². The molecular weight excluding hydrogens is 392 g/mol. The van der Waals surface area contributed by atoms with Crippen molar-refractivity contribution in [1.82, 2.24) is 10.2 Å². The fraction of sp³-hybridized carbons (Fsp3) is 0.571. The highest BCUT2D eigenvalue weighted by Crippen LogP contribution is 2.44. The van der Waals surface area contributed by atoms with Crippen LogP contribution in [0.5, 0.6) is 0 Å². The molecule has 2 unspecified atom stereocenters. The maximum atomic E-state index is 13.1. The number of rotatable bonds is 4. The van der Waals surface area contributed by atoms with Crippen molar-refractivity contribution in [3.05, 3.63) is 35.9 Å². The number of esters is 1. The molecule has 1 saturated carbocycles. The number of morpholine rings is 1. The molecule has 2 atom stereocenters. The monoisotopic (exact) mass is 418 g/mol. The van der Waals surface area contributed by atoms with Crippen molar-refractivity contribution in [2.75, 3.05) is 32.1 Å². The minimum atomic E-state index is -1.02. The molecule has 1 aliphatic carbocycles. The lowest BCUT2D eigenvalue weighted by Crippen LogP contribution is -2.56. The number of hydrogen-bond donors (Lipinski definition) is 1. The molecule has 0 radical (unpaired) electrons. The second-order valence-corrected chi connectivity index (χ2v) is 9.11. The van der Waals surface area contributed by atoms with E-state index in [0.29, 0.717) is 37.6 Å². The number of nitrogens with zero attached hydrogens (tertiary/aromatic N) is 1. The number of ether oxygens (including phenoxy) is 2. The third-order valence-electron chi connectivity index (χ3n) is 5.82. The maximum Gasteiger partial charge on any atom is 0.330 e. The normalized spacial score (nSPS) is 24.8. The summed E-state index contributed by atoms with van der Waals surface area (Å²) in [5.74, 6) is -0.425. The molecule has 0 bridgehead atoms. The molecular formula is C21H26N2O5S. The molecule has 156 valence electrons. The topological polar surface area (TPSA) is 84.9 Å². The van der Waals surface area contributed by atoms with Gasteiger partial charge in [0, 0.05) is 24.4 Å². The van der Waals surface area contributed by atoms with Crippen molar-refractivity contribution < 1.29 is 23.9 Å². The Morgan fingerprint density at radius 1 is 1.17 bits per heavy atom. The SMILES string of the molecule is O=C(OC(C(=O)N1CCOCC1)c1ccccc1)C1CSC2(CCCC2)C(=O)N1. The zero-order valence-corrected chi connectivity index (χ0v) is 17.1. The molecule has 8 heteroatoms. The second kappa shape index (κ2) is 8.75. The average Bonchev–Trinajstić information content (AvgIpc) is 3.24. The molecule has 2 amide bonds. The fourth-order valence-electron chi connectivity index (χ4n) is 4.12. The van der Waals surface area contributed by atoms with E-state index in [0.717, 1.165) is 25.7 Å². The van der Waals surface area contributed by atoms with Gasteiger partial charge in [-0.05, 0) is 12.8 Å². The molecule has 29 heavy (non-hydrogen) atoms. The molecule has 1 N–H and O–H groups in total. The summed E-state index contributed by atoms with van der Waals surface area (Å²) in [6.07, 6.45) is 2.77. The number of thioether (sulfide) groups is 1. The highest BCUT2D eigenvalue weighted by Gasteiger charge is 2.47. The van der Waals surface area contributed by atoms with Gasteiger partial charge in [0.1, 0.15) is 6.04 Å². The lowest BCUT2D eigenvalue weighted by atomic mass is 10.1. The Morgan fingerprint density at radius 3 is 2.52 bits per heavy atom.